The van der Waals surface area contributed by atoms with Crippen molar-refractivity contribution >= 4 is 12.0 Å². The smallest absolute Gasteiger partial charge is 0.167 e. The molecule has 2 aromatic carbocycles. The number of carbonyl (C=O) groups is 1. The summed E-state index contributed by atoms with van der Waals surface area (Å²) in [5.74, 6) is 0.0492. The zero-order valence-corrected chi connectivity index (χ0v) is 11.0. The molecule has 1 unspecified atom stereocenters. The van der Waals surface area contributed by atoms with Crippen LogP contribution in [0.3, 0.4) is 0 Å². The fraction of sp³-hybridized carbons (Fsp3) is 0.176. The van der Waals surface area contributed by atoms with Crippen LogP contribution >= 0.6 is 0 Å². The van der Waals surface area contributed by atoms with Crippen LogP contribution in [-0.4, -0.2) is 18.5 Å². The van der Waals surface area contributed by atoms with E-state index in [9.17, 15) is 4.79 Å². The van der Waals surface area contributed by atoms with Crippen molar-refractivity contribution in [2.24, 2.45) is 10.9 Å². The molecule has 0 saturated carbocycles. The minimum absolute atomic E-state index is 0.0950. The third kappa shape index (κ3) is 3.88. The maximum Gasteiger partial charge on any atom is 0.167 e. The predicted octanol–water partition coefficient (Wildman–Crippen LogP) is 3.62. The van der Waals surface area contributed by atoms with Gasteiger partial charge in [-0.25, -0.2) is 0 Å². The van der Waals surface area contributed by atoms with Crippen LogP contribution in [0.5, 0.6) is 0 Å². The van der Waals surface area contributed by atoms with Crippen molar-refractivity contribution in [1.29, 1.82) is 0 Å². The lowest BCUT2D eigenvalue weighted by Crippen LogP contribution is -2.14. The molecular weight excluding hydrogens is 234 g/mol. The number of nitrogens with zero attached hydrogens (tertiary/aromatic N) is 1. The van der Waals surface area contributed by atoms with Gasteiger partial charge in [0.25, 0.3) is 0 Å². The van der Waals surface area contributed by atoms with Crippen LogP contribution in [-0.2, 0) is 0 Å². The Morgan fingerprint density at radius 2 is 1.63 bits per heavy atom. The van der Waals surface area contributed by atoms with E-state index in [1.54, 1.807) is 0 Å². The van der Waals surface area contributed by atoms with E-state index < -0.39 is 0 Å². The number of ketones is 1. The fourth-order valence-electron chi connectivity index (χ4n) is 1.83. The Kier molecular flexibility index (Phi) is 4.62. The van der Waals surface area contributed by atoms with E-state index in [2.05, 4.69) is 4.99 Å². The standard InChI is InChI=1S/C17H17NO/c1-14(17(19)16-10-6-3-7-11-16)12-18-13-15-8-4-2-5-9-15/h2-11,13-14H,12H2,1H3/b18-13+. The third-order valence-corrected chi connectivity index (χ3v) is 2.93. The zero-order chi connectivity index (χ0) is 13.5. The topological polar surface area (TPSA) is 29.4 Å². The van der Waals surface area contributed by atoms with Crippen LogP contribution in [0.2, 0.25) is 0 Å². The second-order valence-corrected chi connectivity index (χ2v) is 4.54. The summed E-state index contributed by atoms with van der Waals surface area (Å²) >= 11 is 0. The number of carbonyl (C=O) groups excluding carboxylic acids is 1. The van der Waals surface area contributed by atoms with Crippen LogP contribution in [0.25, 0.3) is 0 Å². The molecule has 0 heterocycles. The summed E-state index contributed by atoms with van der Waals surface area (Å²) in [6.45, 7) is 2.43. The Hall–Kier alpha value is -2.22. The second-order valence-electron chi connectivity index (χ2n) is 4.54. The van der Waals surface area contributed by atoms with Gasteiger partial charge in [0.2, 0.25) is 0 Å². The number of hydrogen-bond donors (Lipinski definition) is 0. The van der Waals surface area contributed by atoms with E-state index in [-0.39, 0.29) is 11.7 Å². The van der Waals surface area contributed by atoms with Gasteiger partial charge in [-0.1, -0.05) is 67.6 Å². The number of Topliss-reactive ketones (excluding diaryl/α,β-unsaturated/α-hetero) is 1. The number of benzene rings is 2. The van der Waals surface area contributed by atoms with Crippen LogP contribution in [0.15, 0.2) is 65.7 Å². The molecule has 2 nitrogen and oxygen atoms in total. The summed E-state index contributed by atoms with van der Waals surface area (Å²) in [6, 6.07) is 19.3. The van der Waals surface area contributed by atoms with Crippen LogP contribution < -0.4 is 0 Å². The highest BCUT2D eigenvalue weighted by Gasteiger charge is 2.13. The van der Waals surface area contributed by atoms with Crippen LogP contribution in [0.1, 0.15) is 22.8 Å². The molecule has 0 amide bonds. The maximum atomic E-state index is 12.1. The Morgan fingerprint density at radius 3 is 2.26 bits per heavy atom. The molecule has 96 valence electrons. The monoisotopic (exact) mass is 251 g/mol. The van der Waals surface area contributed by atoms with Crippen molar-refractivity contribution in [3.63, 3.8) is 0 Å². The zero-order valence-electron chi connectivity index (χ0n) is 11.0. The van der Waals surface area contributed by atoms with Crippen molar-refractivity contribution in [3.05, 3.63) is 71.8 Å². The average molecular weight is 251 g/mol. The summed E-state index contributed by atoms with van der Waals surface area (Å²) in [5.41, 5.74) is 1.81. The molecule has 0 fully saturated rings. The summed E-state index contributed by atoms with van der Waals surface area (Å²) in [7, 11) is 0. The highest BCUT2D eigenvalue weighted by Crippen LogP contribution is 2.09. The Bertz CT molecular complexity index is 546. The minimum atomic E-state index is -0.0950. The normalized spacial score (nSPS) is 12.5. The molecule has 2 aromatic rings. The molecule has 0 aliphatic carbocycles. The lowest BCUT2D eigenvalue weighted by atomic mass is 10.00. The van der Waals surface area contributed by atoms with Gasteiger partial charge in [0, 0.05) is 24.2 Å². The maximum absolute atomic E-state index is 12.1. The largest absolute Gasteiger partial charge is 0.294 e. The molecule has 0 radical (unpaired) electrons. The summed E-state index contributed by atoms with van der Waals surface area (Å²) in [6.07, 6.45) is 1.81. The summed E-state index contributed by atoms with van der Waals surface area (Å²) in [4.78, 5) is 16.5. The van der Waals surface area contributed by atoms with E-state index in [4.69, 9.17) is 0 Å². The Balaban J connectivity index is 1.93. The number of rotatable bonds is 5. The molecule has 0 N–H and O–H groups in total. The van der Waals surface area contributed by atoms with Gasteiger partial charge >= 0.3 is 0 Å². The van der Waals surface area contributed by atoms with Gasteiger partial charge in [-0.15, -0.1) is 0 Å². The van der Waals surface area contributed by atoms with Gasteiger partial charge in [0.1, 0.15) is 0 Å². The number of hydrogen-bond acceptors (Lipinski definition) is 2. The van der Waals surface area contributed by atoms with Gasteiger partial charge < -0.3 is 0 Å². The predicted molar refractivity (Wildman–Crippen MR) is 78.8 cm³/mol. The summed E-state index contributed by atoms with van der Waals surface area (Å²) < 4.78 is 0. The molecule has 0 aliphatic rings. The van der Waals surface area contributed by atoms with Gasteiger partial charge in [0.15, 0.2) is 5.78 Å². The van der Waals surface area contributed by atoms with Gasteiger partial charge in [0.05, 0.1) is 0 Å². The lowest BCUT2D eigenvalue weighted by Gasteiger charge is -2.07. The molecule has 2 rings (SSSR count). The SMILES string of the molecule is CC(C/N=C/c1ccccc1)C(=O)c1ccccc1. The fourth-order valence-corrected chi connectivity index (χ4v) is 1.83. The first-order valence-corrected chi connectivity index (χ1v) is 6.41. The Morgan fingerprint density at radius 1 is 1.05 bits per heavy atom. The van der Waals surface area contributed by atoms with Crippen LogP contribution in [0.4, 0.5) is 0 Å². The highest BCUT2D eigenvalue weighted by atomic mass is 16.1. The van der Waals surface area contributed by atoms with Crippen molar-refractivity contribution in [3.8, 4) is 0 Å². The minimum Gasteiger partial charge on any atom is -0.294 e. The Labute approximate surface area is 113 Å². The average Bonchev–Trinajstić information content (AvgIpc) is 2.48. The molecule has 0 aliphatic heterocycles. The van der Waals surface area contributed by atoms with Gasteiger partial charge in [-0.2, -0.15) is 0 Å². The van der Waals surface area contributed by atoms with Crippen molar-refractivity contribution < 1.29 is 4.79 Å². The summed E-state index contributed by atoms with van der Waals surface area (Å²) in [5, 5.41) is 0. The van der Waals surface area contributed by atoms with E-state index in [1.165, 1.54) is 0 Å². The molecule has 0 aromatic heterocycles. The van der Waals surface area contributed by atoms with Crippen molar-refractivity contribution in [2.75, 3.05) is 6.54 Å². The van der Waals surface area contributed by atoms with Crippen molar-refractivity contribution in [1.82, 2.24) is 0 Å². The van der Waals surface area contributed by atoms with Crippen LogP contribution in [0, 0.1) is 5.92 Å². The second kappa shape index (κ2) is 6.64. The lowest BCUT2D eigenvalue weighted by molar-refractivity contribution is 0.0934. The number of aliphatic imine (C=N–C) groups is 1. The highest BCUT2D eigenvalue weighted by molar-refractivity contribution is 5.97. The van der Waals surface area contributed by atoms with Crippen molar-refractivity contribution in [2.45, 2.75) is 6.92 Å². The molecular formula is C17H17NO. The molecule has 19 heavy (non-hydrogen) atoms. The van der Waals surface area contributed by atoms with E-state index in [1.807, 2.05) is 73.8 Å². The quantitative estimate of drug-likeness (QED) is 0.589. The first-order chi connectivity index (χ1) is 9.27. The van der Waals surface area contributed by atoms with E-state index in [0.29, 0.717) is 6.54 Å². The molecule has 0 bridgehead atoms. The molecule has 1 atom stereocenters. The molecule has 0 saturated heterocycles. The van der Waals surface area contributed by atoms with Gasteiger partial charge in [-0.05, 0) is 5.56 Å². The van der Waals surface area contributed by atoms with E-state index in [0.717, 1.165) is 11.1 Å². The third-order valence-electron chi connectivity index (χ3n) is 2.93. The first kappa shape index (κ1) is 13.2. The van der Waals surface area contributed by atoms with E-state index >= 15 is 0 Å². The van der Waals surface area contributed by atoms with Gasteiger partial charge in [-0.3, -0.25) is 9.79 Å². The molecule has 0 spiro atoms. The molecule has 2 heteroatoms. The first-order valence-electron chi connectivity index (χ1n) is 6.41.